The maximum absolute atomic E-state index is 12.6. The average Bonchev–Trinajstić information content (AvgIpc) is 3.14. The Balaban J connectivity index is 1.42. The number of nitrogens with one attached hydrogen (secondary N) is 2. The molecule has 0 unspecified atom stereocenters. The summed E-state index contributed by atoms with van der Waals surface area (Å²) in [4.78, 5) is 29.2. The van der Waals surface area contributed by atoms with Crippen LogP contribution < -0.4 is 15.6 Å². The highest BCUT2D eigenvalue weighted by atomic mass is 16.5. The summed E-state index contributed by atoms with van der Waals surface area (Å²) in [6, 6.07) is 14.6. The van der Waals surface area contributed by atoms with E-state index in [1.807, 2.05) is 44.2 Å². The number of pyridine rings is 1. The fourth-order valence-electron chi connectivity index (χ4n) is 3.58. The fourth-order valence-corrected chi connectivity index (χ4v) is 3.58. The van der Waals surface area contributed by atoms with Crippen LogP contribution in [0.25, 0.3) is 11.0 Å². The minimum atomic E-state index is -0.517. The van der Waals surface area contributed by atoms with Crippen LogP contribution in [0.5, 0.6) is 5.75 Å². The second-order valence-corrected chi connectivity index (χ2v) is 7.55. The van der Waals surface area contributed by atoms with Gasteiger partial charge in [0, 0.05) is 34.5 Å². The molecule has 2 heterocycles. The number of hydrazine groups is 1. The number of carbonyl (C=O) groups excluding carboxylic acids is 2. The van der Waals surface area contributed by atoms with E-state index in [-0.39, 0.29) is 5.76 Å². The summed E-state index contributed by atoms with van der Waals surface area (Å²) in [6.07, 6.45) is 3.46. The molecule has 2 aromatic carbocycles. The molecular formula is C25H23N3O4. The van der Waals surface area contributed by atoms with Gasteiger partial charge in [-0.1, -0.05) is 24.3 Å². The number of fused-ring (bicyclic) bond motifs is 1. The van der Waals surface area contributed by atoms with Crippen molar-refractivity contribution < 1.29 is 18.7 Å². The Kier molecular flexibility index (Phi) is 5.89. The van der Waals surface area contributed by atoms with Crippen LogP contribution in [0.4, 0.5) is 0 Å². The summed E-state index contributed by atoms with van der Waals surface area (Å²) < 4.78 is 11.6. The van der Waals surface area contributed by atoms with E-state index in [0.29, 0.717) is 29.1 Å². The predicted molar refractivity (Wildman–Crippen MR) is 120 cm³/mol. The van der Waals surface area contributed by atoms with Gasteiger partial charge in [-0.25, -0.2) is 0 Å². The summed E-state index contributed by atoms with van der Waals surface area (Å²) in [6.45, 7) is 5.94. The molecule has 4 aromatic rings. The summed E-state index contributed by atoms with van der Waals surface area (Å²) in [5.74, 6) is -0.0700. The van der Waals surface area contributed by atoms with Gasteiger partial charge in [-0.2, -0.15) is 0 Å². The monoisotopic (exact) mass is 429 g/mol. The molecule has 2 aromatic heterocycles. The Morgan fingerprint density at radius 1 is 0.969 bits per heavy atom. The van der Waals surface area contributed by atoms with Crippen molar-refractivity contribution in [3.05, 3.63) is 94.5 Å². The van der Waals surface area contributed by atoms with Gasteiger partial charge in [-0.3, -0.25) is 25.4 Å². The molecule has 0 aliphatic heterocycles. The normalized spacial score (nSPS) is 10.7. The van der Waals surface area contributed by atoms with Crippen LogP contribution in [-0.4, -0.2) is 16.8 Å². The molecule has 32 heavy (non-hydrogen) atoms. The van der Waals surface area contributed by atoms with Gasteiger partial charge >= 0.3 is 5.91 Å². The molecule has 7 nitrogen and oxygen atoms in total. The van der Waals surface area contributed by atoms with Gasteiger partial charge in [0.1, 0.15) is 17.9 Å². The number of aryl methyl sites for hydroxylation is 3. The lowest BCUT2D eigenvalue weighted by Crippen LogP contribution is -2.41. The molecule has 4 rings (SSSR count). The van der Waals surface area contributed by atoms with Crippen LogP contribution in [0.3, 0.4) is 0 Å². The van der Waals surface area contributed by atoms with E-state index in [1.165, 1.54) is 0 Å². The average molecular weight is 429 g/mol. The molecule has 0 saturated heterocycles. The van der Waals surface area contributed by atoms with Crippen molar-refractivity contribution in [2.24, 2.45) is 0 Å². The molecule has 0 aliphatic rings. The Hall–Kier alpha value is -4.13. The van der Waals surface area contributed by atoms with Gasteiger partial charge in [-0.05, 0) is 56.2 Å². The highest BCUT2D eigenvalue weighted by Crippen LogP contribution is 2.26. The summed E-state index contributed by atoms with van der Waals surface area (Å²) in [5.41, 5.74) is 9.22. The molecular weight excluding hydrogens is 406 g/mol. The van der Waals surface area contributed by atoms with Crippen molar-refractivity contribution in [2.45, 2.75) is 27.4 Å². The van der Waals surface area contributed by atoms with Crippen molar-refractivity contribution in [1.82, 2.24) is 15.8 Å². The van der Waals surface area contributed by atoms with Crippen molar-refractivity contribution in [1.29, 1.82) is 0 Å². The largest absolute Gasteiger partial charge is 0.488 e. The van der Waals surface area contributed by atoms with Crippen LogP contribution >= 0.6 is 0 Å². The van der Waals surface area contributed by atoms with Gasteiger partial charge in [0.15, 0.2) is 5.76 Å². The molecule has 0 atom stereocenters. The molecule has 0 radical (unpaired) electrons. The Morgan fingerprint density at radius 2 is 1.69 bits per heavy atom. The number of hydrogen-bond acceptors (Lipinski definition) is 5. The first-order valence-corrected chi connectivity index (χ1v) is 10.2. The number of ether oxygens (including phenoxy) is 1. The van der Waals surface area contributed by atoms with Gasteiger partial charge in [0.05, 0.1) is 0 Å². The lowest BCUT2D eigenvalue weighted by molar-refractivity contribution is 0.0831. The smallest absolute Gasteiger partial charge is 0.305 e. The van der Waals surface area contributed by atoms with Crippen molar-refractivity contribution in [2.75, 3.05) is 0 Å². The number of nitrogens with zero attached hydrogens (tertiary/aromatic N) is 1. The molecule has 7 heteroatoms. The molecule has 2 amide bonds. The lowest BCUT2D eigenvalue weighted by atomic mass is 10.1. The molecule has 0 aliphatic carbocycles. The predicted octanol–water partition coefficient (Wildman–Crippen LogP) is 4.41. The third-order valence-corrected chi connectivity index (χ3v) is 5.17. The maximum Gasteiger partial charge on any atom is 0.305 e. The molecule has 162 valence electrons. The number of carbonyl (C=O) groups is 2. The highest BCUT2D eigenvalue weighted by Gasteiger charge is 2.19. The standard InChI is InChI=1S/C25H23N3O4/c1-15-11-19(12-16(2)22(15)31-14-18-7-6-10-26-13-18)24(29)27-28-25(30)23-17(3)20-8-4-5-9-21(20)32-23/h4-13H,14H2,1-3H3,(H,27,29)(H,28,30). The highest BCUT2D eigenvalue weighted by molar-refractivity contribution is 6.01. The van der Waals surface area contributed by atoms with E-state index in [1.54, 1.807) is 37.5 Å². The first kappa shape index (κ1) is 21.1. The topological polar surface area (TPSA) is 93.5 Å². The van der Waals surface area contributed by atoms with E-state index in [4.69, 9.17) is 9.15 Å². The third-order valence-electron chi connectivity index (χ3n) is 5.17. The second kappa shape index (κ2) is 8.93. The first-order chi connectivity index (χ1) is 15.4. The second-order valence-electron chi connectivity index (χ2n) is 7.55. The van der Waals surface area contributed by atoms with E-state index >= 15 is 0 Å². The van der Waals surface area contributed by atoms with Crippen molar-refractivity contribution in [3.63, 3.8) is 0 Å². The fraction of sp³-hybridized carbons (Fsp3) is 0.160. The zero-order chi connectivity index (χ0) is 22.7. The number of para-hydroxylation sites is 1. The van der Waals surface area contributed by atoms with E-state index in [0.717, 1.165) is 22.1 Å². The Labute approximate surface area is 185 Å². The van der Waals surface area contributed by atoms with Crippen LogP contribution in [0.15, 0.2) is 65.3 Å². The van der Waals surface area contributed by atoms with Crippen LogP contribution in [0.2, 0.25) is 0 Å². The molecule has 0 fully saturated rings. The molecule has 0 saturated carbocycles. The zero-order valence-electron chi connectivity index (χ0n) is 18.1. The summed E-state index contributed by atoms with van der Waals surface area (Å²) in [5, 5.41) is 0.858. The number of benzene rings is 2. The number of amides is 2. The minimum Gasteiger partial charge on any atom is -0.488 e. The third kappa shape index (κ3) is 4.32. The van der Waals surface area contributed by atoms with Crippen LogP contribution in [0.1, 0.15) is 43.2 Å². The van der Waals surface area contributed by atoms with Crippen molar-refractivity contribution in [3.8, 4) is 5.75 Å². The number of rotatable bonds is 5. The Morgan fingerprint density at radius 3 is 2.38 bits per heavy atom. The Bertz CT molecular complexity index is 1270. The summed E-state index contributed by atoms with van der Waals surface area (Å²) >= 11 is 0. The molecule has 2 N–H and O–H groups in total. The lowest BCUT2D eigenvalue weighted by Gasteiger charge is -2.14. The first-order valence-electron chi connectivity index (χ1n) is 10.2. The quantitative estimate of drug-likeness (QED) is 0.459. The molecule has 0 spiro atoms. The van der Waals surface area contributed by atoms with Crippen molar-refractivity contribution >= 4 is 22.8 Å². The van der Waals surface area contributed by atoms with Gasteiger partial charge < -0.3 is 9.15 Å². The van der Waals surface area contributed by atoms with E-state index < -0.39 is 11.8 Å². The van der Waals surface area contributed by atoms with Crippen LogP contribution in [0, 0.1) is 20.8 Å². The molecule has 0 bridgehead atoms. The number of hydrogen-bond donors (Lipinski definition) is 2. The van der Waals surface area contributed by atoms with E-state index in [2.05, 4.69) is 15.8 Å². The number of furan rings is 1. The summed E-state index contributed by atoms with van der Waals surface area (Å²) in [7, 11) is 0. The van der Waals surface area contributed by atoms with E-state index in [9.17, 15) is 9.59 Å². The van der Waals surface area contributed by atoms with Gasteiger partial charge in [0.25, 0.3) is 5.91 Å². The van der Waals surface area contributed by atoms with Gasteiger partial charge in [-0.15, -0.1) is 0 Å². The minimum absolute atomic E-state index is 0.165. The SMILES string of the molecule is Cc1cc(C(=O)NNC(=O)c2oc3ccccc3c2C)cc(C)c1OCc1cccnc1. The van der Waals surface area contributed by atoms with Gasteiger partial charge in [0.2, 0.25) is 0 Å². The maximum atomic E-state index is 12.6. The zero-order valence-corrected chi connectivity index (χ0v) is 18.1. The number of aromatic nitrogens is 1. The van der Waals surface area contributed by atoms with Crippen LogP contribution in [-0.2, 0) is 6.61 Å².